The number of rotatable bonds is 2. The standard InChI is InChI=1S/C14H24N4O/c1-11-9-17(2)5-3-12(11)18-10-16-7-13(18)14-8-15-4-6-19-14/h7,10-12,14-15H,3-6,8-9H2,1-2H3. The van der Waals surface area contributed by atoms with Crippen molar-refractivity contribution in [3.05, 3.63) is 18.2 Å². The Labute approximate surface area is 114 Å². The molecule has 0 amide bonds. The molecular formula is C14H24N4O. The van der Waals surface area contributed by atoms with Crippen LogP contribution in [0.3, 0.4) is 0 Å². The minimum atomic E-state index is 0.156. The van der Waals surface area contributed by atoms with E-state index in [0.717, 1.165) is 32.8 Å². The van der Waals surface area contributed by atoms with E-state index in [1.807, 2.05) is 12.5 Å². The topological polar surface area (TPSA) is 42.3 Å². The third-order valence-corrected chi connectivity index (χ3v) is 4.37. The van der Waals surface area contributed by atoms with Crippen LogP contribution in [0.2, 0.25) is 0 Å². The molecule has 3 atom stereocenters. The van der Waals surface area contributed by atoms with Gasteiger partial charge in [0.1, 0.15) is 6.10 Å². The molecular weight excluding hydrogens is 240 g/mol. The number of hydrogen-bond donors (Lipinski definition) is 1. The third kappa shape index (κ3) is 2.68. The van der Waals surface area contributed by atoms with Gasteiger partial charge in [0.15, 0.2) is 0 Å². The summed E-state index contributed by atoms with van der Waals surface area (Å²) < 4.78 is 8.23. The predicted molar refractivity (Wildman–Crippen MR) is 74.1 cm³/mol. The summed E-state index contributed by atoms with van der Waals surface area (Å²) in [6.07, 6.45) is 5.31. The van der Waals surface area contributed by atoms with Gasteiger partial charge in [0.25, 0.3) is 0 Å². The van der Waals surface area contributed by atoms with Crippen LogP contribution in [0.5, 0.6) is 0 Å². The molecule has 0 bridgehead atoms. The first kappa shape index (κ1) is 13.1. The molecule has 1 aromatic heterocycles. The smallest absolute Gasteiger partial charge is 0.111 e. The number of imidazole rings is 1. The van der Waals surface area contributed by atoms with E-state index in [9.17, 15) is 0 Å². The Morgan fingerprint density at radius 1 is 1.47 bits per heavy atom. The number of hydrogen-bond acceptors (Lipinski definition) is 4. The molecule has 0 aliphatic carbocycles. The number of nitrogens with one attached hydrogen (secondary N) is 1. The molecule has 0 radical (unpaired) electrons. The number of likely N-dealkylation sites (tertiary alicyclic amines) is 1. The van der Waals surface area contributed by atoms with Crippen LogP contribution >= 0.6 is 0 Å². The first-order valence-electron chi connectivity index (χ1n) is 7.28. The lowest BCUT2D eigenvalue weighted by Gasteiger charge is -2.37. The van der Waals surface area contributed by atoms with Crippen molar-refractivity contribution >= 4 is 0 Å². The van der Waals surface area contributed by atoms with Gasteiger partial charge in [0.2, 0.25) is 0 Å². The van der Waals surface area contributed by atoms with Crippen molar-refractivity contribution in [1.82, 2.24) is 19.8 Å². The lowest BCUT2D eigenvalue weighted by molar-refractivity contribution is 0.0197. The van der Waals surface area contributed by atoms with Crippen LogP contribution in [0.25, 0.3) is 0 Å². The van der Waals surface area contributed by atoms with Crippen LogP contribution in [-0.2, 0) is 4.74 Å². The van der Waals surface area contributed by atoms with Crippen molar-refractivity contribution in [3.8, 4) is 0 Å². The molecule has 5 heteroatoms. The Kier molecular flexibility index (Phi) is 3.86. The van der Waals surface area contributed by atoms with Gasteiger partial charge in [0, 0.05) is 25.7 Å². The summed E-state index contributed by atoms with van der Waals surface area (Å²) in [4.78, 5) is 6.78. The zero-order valence-electron chi connectivity index (χ0n) is 11.9. The zero-order chi connectivity index (χ0) is 13.2. The van der Waals surface area contributed by atoms with Crippen LogP contribution in [-0.4, -0.2) is 54.3 Å². The van der Waals surface area contributed by atoms with Crippen LogP contribution in [0, 0.1) is 5.92 Å². The molecule has 2 aliphatic heterocycles. The molecule has 2 fully saturated rings. The van der Waals surface area contributed by atoms with Gasteiger partial charge in [-0.15, -0.1) is 0 Å². The Morgan fingerprint density at radius 3 is 3.11 bits per heavy atom. The quantitative estimate of drug-likeness (QED) is 0.867. The van der Waals surface area contributed by atoms with E-state index in [1.54, 1.807) is 0 Å². The number of piperidine rings is 1. The van der Waals surface area contributed by atoms with Gasteiger partial charge in [-0.1, -0.05) is 6.92 Å². The van der Waals surface area contributed by atoms with Gasteiger partial charge in [-0.25, -0.2) is 4.98 Å². The van der Waals surface area contributed by atoms with Gasteiger partial charge < -0.3 is 19.5 Å². The molecule has 3 heterocycles. The summed E-state index contributed by atoms with van der Waals surface area (Å²) >= 11 is 0. The third-order valence-electron chi connectivity index (χ3n) is 4.37. The predicted octanol–water partition coefficient (Wildman–Crippen LogP) is 1.06. The fraction of sp³-hybridized carbons (Fsp3) is 0.786. The zero-order valence-corrected chi connectivity index (χ0v) is 11.9. The van der Waals surface area contributed by atoms with E-state index in [1.165, 1.54) is 12.1 Å². The molecule has 106 valence electrons. The van der Waals surface area contributed by atoms with Gasteiger partial charge in [0.05, 0.1) is 24.8 Å². The van der Waals surface area contributed by atoms with Crippen molar-refractivity contribution < 1.29 is 4.74 Å². The summed E-state index contributed by atoms with van der Waals surface area (Å²) in [6.45, 7) is 7.30. The number of morpholine rings is 1. The second-order valence-electron chi connectivity index (χ2n) is 5.88. The average molecular weight is 264 g/mol. The molecule has 19 heavy (non-hydrogen) atoms. The molecule has 2 aliphatic rings. The van der Waals surface area contributed by atoms with Crippen molar-refractivity contribution in [2.75, 3.05) is 39.8 Å². The average Bonchev–Trinajstić information content (AvgIpc) is 2.89. The second kappa shape index (κ2) is 5.61. The van der Waals surface area contributed by atoms with E-state index in [2.05, 4.69) is 33.7 Å². The summed E-state index contributed by atoms with van der Waals surface area (Å²) in [5.74, 6) is 0.656. The maximum Gasteiger partial charge on any atom is 0.111 e. The summed E-state index contributed by atoms with van der Waals surface area (Å²) in [6, 6.07) is 0.555. The SMILES string of the molecule is CC1CN(C)CCC1n1cncc1C1CNCCO1. The van der Waals surface area contributed by atoms with E-state index in [4.69, 9.17) is 4.74 Å². The Bertz CT molecular complexity index is 413. The normalized spacial score (nSPS) is 33.5. The molecule has 0 aromatic carbocycles. The van der Waals surface area contributed by atoms with Gasteiger partial charge in [-0.3, -0.25) is 0 Å². The van der Waals surface area contributed by atoms with E-state index in [0.29, 0.717) is 12.0 Å². The second-order valence-corrected chi connectivity index (χ2v) is 5.88. The molecule has 0 saturated carbocycles. The first-order valence-corrected chi connectivity index (χ1v) is 7.28. The minimum absolute atomic E-state index is 0.156. The maximum atomic E-state index is 5.88. The van der Waals surface area contributed by atoms with Crippen molar-refractivity contribution in [3.63, 3.8) is 0 Å². The highest BCUT2D eigenvalue weighted by Crippen LogP contribution is 2.31. The van der Waals surface area contributed by atoms with Crippen LogP contribution < -0.4 is 5.32 Å². The fourth-order valence-electron chi connectivity index (χ4n) is 3.35. The van der Waals surface area contributed by atoms with Crippen LogP contribution in [0.1, 0.15) is 31.2 Å². The molecule has 0 spiro atoms. The van der Waals surface area contributed by atoms with Crippen molar-refractivity contribution in [2.45, 2.75) is 25.5 Å². The molecule has 1 N–H and O–H groups in total. The first-order chi connectivity index (χ1) is 9.25. The summed E-state index contributed by atoms with van der Waals surface area (Å²) in [7, 11) is 2.20. The highest BCUT2D eigenvalue weighted by atomic mass is 16.5. The maximum absolute atomic E-state index is 5.88. The number of nitrogens with zero attached hydrogens (tertiary/aromatic N) is 3. The molecule has 5 nitrogen and oxygen atoms in total. The molecule has 1 aromatic rings. The summed E-state index contributed by atoms with van der Waals surface area (Å²) in [5.41, 5.74) is 1.23. The molecule has 3 rings (SSSR count). The lowest BCUT2D eigenvalue weighted by atomic mass is 9.93. The van der Waals surface area contributed by atoms with E-state index < -0.39 is 0 Å². The Morgan fingerprint density at radius 2 is 2.37 bits per heavy atom. The largest absolute Gasteiger partial charge is 0.369 e. The highest BCUT2D eigenvalue weighted by Gasteiger charge is 2.29. The van der Waals surface area contributed by atoms with Crippen molar-refractivity contribution in [2.24, 2.45) is 5.92 Å². The van der Waals surface area contributed by atoms with Gasteiger partial charge in [-0.05, 0) is 25.9 Å². The molecule has 2 saturated heterocycles. The number of aromatic nitrogens is 2. The monoisotopic (exact) mass is 264 g/mol. The number of ether oxygens (including phenoxy) is 1. The van der Waals surface area contributed by atoms with Crippen LogP contribution in [0.4, 0.5) is 0 Å². The Hall–Kier alpha value is -0.910. The lowest BCUT2D eigenvalue weighted by Crippen LogP contribution is -2.39. The molecule has 3 unspecified atom stereocenters. The summed E-state index contributed by atoms with van der Waals surface area (Å²) in [5, 5.41) is 3.40. The van der Waals surface area contributed by atoms with E-state index in [-0.39, 0.29) is 6.10 Å². The fourth-order valence-corrected chi connectivity index (χ4v) is 3.35. The van der Waals surface area contributed by atoms with E-state index >= 15 is 0 Å². The van der Waals surface area contributed by atoms with Crippen LogP contribution in [0.15, 0.2) is 12.5 Å². The van der Waals surface area contributed by atoms with Crippen molar-refractivity contribution in [1.29, 1.82) is 0 Å². The van der Waals surface area contributed by atoms with Gasteiger partial charge in [-0.2, -0.15) is 0 Å². The minimum Gasteiger partial charge on any atom is -0.369 e. The highest BCUT2D eigenvalue weighted by molar-refractivity contribution is 5.07. The Balaban J connectivity index is 1.79. The van der Waals surface area contributed by atoms with Gasteiger partial charge >= 0.3 is 0 Å².